The van der Waals surface area contributed by atoms with Crippen molar-refractivity contribution in [3.05, 3.63) is 12.2 Å². The van der Waals surface area contributed by atoms with Crippen LogP contribution in [-0.4, -0.2) is 6.29 Å². The highest BCUT2D eigenvalue weighted by Gasteiger charge is 1.94. The third-order valence-electron chi connectivity index (χ3n) is 5.58. The van der Waals surface area contributed by atoms with Crippen molar-refractivity contribution in [1.82, 2.24) is 0 Å². The van der Waals surface area contributed by atoms with E-state index in [0.29, 0.717) is 0 Å². The average Bonchev–Trinajstić information content (AvgIpc) is 2.68. The van der Waals surface area contributed by atoms with Crippen LogP contribution in [0.25, 0.3) is 0 Å². The molecule has 27 heavy (non-hydrogen) atoms. The van der Waals surface area contributed by atoms with E-state index in [0.717, 1.165) is 19.1 Å². The van der Waals surface area contributed by atoms with Crippen molar-refractivity contribution in [3.8, 4) is 0 Å². The fraction of sp³-hybridized carbons (Fsp3) is 0.885. The summed E-state index contributed by atoms with van der Waals surface area (Å²) >= 11 is 0. The topological polar surface area (TPSA) is 17.1 Å². The van der Waals surface area contributed by atoms with Gasteiger partial charge in [-0.05, 0) is 32.1 Å². The third kappa shape index (κ3) is 25.4. The van der Waals surface area contributed by atoms with Gasteiger partial charge in [0.05, 0.1) is 0 Å². The second-order valence-electron chi connectivity index (χ2n) is 8.37. The molecule has 0 aromatic heterocycles. The Morgan fingerprint density at radius 3 is 1.04 bits per heavy atom. The molecule has 160 valence electrons. The number of aldehydes is 1. The second-order valence-corrected chi connectivity index (χ2v) is 8.37. The highest BCUT2D eigenvalue weighted by atomic mass is 16.1. The van der Waals surface area contributed by atoms with Crippen LogP contribution in [0.15, 0.2) is 12.2 Å². The summed E-state index contributed by atoms with van der Waals surface area (Å²) in [5.41, 5.74) is 0. The van der Waals surface area contributed by atoms with Crippen molar-refractivity contribution in [1.29, 1.82) is 0 Å². The Bertz CT molecular complexity index is 295. The van der Waals surface area contributed by atoms with Gasteiger partial charge in [-0.2, -0.15) is 0 Å². The van der Waals surface area contributed by atoms with Crippen molar-refractivity contribution in [2.75, 3.05) is 0 Å². The summed E-state index contributed by atoms with van der Waals surface area (Å²) in [6, 6.07) is 0. The maximum atomic E-state index is 10.2. The lowest BCUT2D eigenvalue weighted by atomic mass is 10.0. The quantitative estimate of drug-likeness (QED) is 0.0982. The van der Waals surface area contributed by atoms with E-state index in [2.05, 4.69) is 19.1 Å². The Balaban J connectivity index is 3.03. The zero-order valence-electron chi connectivity index (χ0n) is 18.7. The van der Waals surface area contributed by atoms with Crippen LogP contribution in [-0.2, 0) is 4.79 Å². The van der Waals surface area contributed by atoms with Crippen molar-refractivity contribution >= 4 is 6.29 Å². The normalized spacial score (nSPS) is 11.4. The lowest BCUT2D eigenvalue weighted by Crippen LogP contribution is -1.84. The van der Waals surface area contributed by atoms with Gasteiger partial charge in [0.15, 0.2) is 0 Å². The largest absolute Gasteiger partial charge is 0.303 e. The molecule has 0 rings (SSSR count). The van der Waals surface area contributed by atoms with Crippen LogP contribution in [0.2, 0.25) is 0 Å². The minimum Gasteiger partial charge on any atom is -0.303 e. The van der Waals surface area contributed by atoms with Gasteiger partial charge in [-0.25, -0.2) is 0 Å². The summed E-state index contributed by atoms with van der Waals surface area (Å²) in [6.07, 6.45) is 35.5. The lowest BCUT2D eigenvalue weighted by molar-refractivity contribution is -0.107. The Morgan fingerprint density at radius 2 is 0.704 bits per heavy atom. The predicted octanol–water partition coefficient (Wildman–Crippen LogP) is 9.34. The zero-order chi connectivity index (χ0) is 19.7. The van der Waals surface area contributed by atoms with Crippen LogP contribution < -0.4 is 0 Å². The van der Waals surface area contributed by atoms with Gasteiger partial charge in [0.2, 0.25) is 0 Å². The van der Waals surface area contributed by atoms with E-state index in [4.69, 9.17) is 0 Å². The van der Waals surface area contributed by atoms with Crippen LogP contribution in [0.3, 0.4) is 0 Å². The first-order valence-electron chi connectivity index (χ1n) is 12.5. The maximum absolute atomic E-state index is 10.2. The summed E-state index contributed by atoms with van der Waals surface area (Å²) in [4.78, 5) is 10.2. The van der Waals surface area contributed by atoms with E-state index >= 15 is 0 Å². The first-order valence-corrected chi connectivity index (χ1v) is 12.5. The van der Waals surface area contributed by atoms with Crippen LogP contribution in [0.4, 0.5) is 0 Å². The van der Waals surface area contributed by atoms with Gasteiger partial charge in [0.1, 0.15) is 6.29 Å². The summed E-state index contributed by atoms with van der Waals surface area (Å²) in [6.45, 7) is 2.28. The number of rotatable bonds is 23. The van der Waals surface area contributed by atoms with Crippen LogP contribution in [0.1, 0.15) is 148 Å². The second kappa shape index (κ2) is 25.4. The van der Waals surface area contributed by atoms with Gasteiger partial charge in [0, 0.05) is 6.42 Å². The van der Waals surface area contributed by atoms with Gasteiger partial charge in [-0.3, -0.25) is 0 Å². The van der Waals surface area contributed by atoms with Gasteiger partial charge in [-0.15, -0.1) is 0 Å². The Hall–Kier alpha value is -0.590. The van der Waals surface area contributed by atoms with E-state index in [1.165, 1.54) is 128 Å². The molecule has 0 fully saturated rings. The van der Waals surface area contributed by atoms with Crippen molar-refractivity contribution in [2.45, 2.75) is 148 Å². The molecule has 0 aliphatic rings. The molecule has 0 aliphatic carbocycles. The highest BCUT2D eigenvalue weighted by Crippen LogP contribution is 2.14. The summed E-state index contributed by atoms with van der Waals surface area (Å²) < 4.78 is 0. The van der Waals surface area contributed by atoms with Gasteiger partial charge >= 0.3 is 0 Å². The molecule has 0 spiro atoms. The van der Waals surface area contributed by atoms with Crippen LogP contribution >= 0.6 is 0 Å². The number of allylic oxidation sites excluding steroid dienone is 2. The van der Waals surface area contributed by atoms with Crippen molar-refractivity contribution < 1.29 is 4.79 Å². The minimum absolute atomic E-state index is 0.760. The summed E-state index contributed by atoms with van der Waals surface area (Å²) in [5.74, 6) is 0. The average molecular weight is 379 g/mol. The van der Waals surface area contributed by atoms with Crippen molar-refractivity contribution in [3.63, 3.8) is 0 Å². The smallest absolute Gasteiger partial charge is 0.119 e. The molecule has 0 bridgehead atoms. The number of carbonyl (C=O) groups excluding carboxylic acids is 1. The van der Waals surface area contributed by atoms with Crippen LogP contribution in [0.5, 0.6) is 0 Å². The van der Waals surface area contributed by atoms with E-state index in [-0.39, 0.29) is 0 Å². The van der Waals surface area contributed by atoms with E-state index < -0.39 is 0 Å². The molecule has 0 aromatic carbocycles. The van der Waals surface area contributed by atoms with Crippen LogP contribution in [0, 0.1) is 0 Å². The van der Waals surface area contributed by atoms with Gasteiger partial charge in [0.25, 0.3) is 0 Å². The van der Waals surface area contributed by atoms with E-state index in [9.17, 15) is 4.79 Å². The van der Waals surface area contributed by atoms with E-state index in [1.54, 1.807) is 0 Å². The standard InChI is InChI=1S/C26H50O/c1-2-3-4-5-6-7-8-9-10-11-12-13-14-15-16-17-18-19-20-21-22-23-24-25-26-27/h7-8,26H,2-6,9-25H2,1H3. The highest BCUT2D eigenvalue weighted by molar-refractivity contribution is 5.48. The number of carbonyl (C=O) groups is 1. The molecule has 0 radical (unpaired) electrons. The Morgan fingerprint density at radius 1 is 0.407 bits per heavy atom. The van der Waals surface area contributed by atoms with Gasteiger partial charge in [-0.1, -0.05) is 122 Å². The molecule has 0 atom stereocenters. The first-order chi connectivity index (χ1) is 13.4. The number of hydrogen-bond acceptors (Lipinski definition) is 1. The lowest BCUT2D eigenvalue weighted by Gasteiger charge is -2.03. The molecule has 0 N–H and O–H groups in total. The summed E-state index contributed by atoms with van der Waals surface area (Å²) in [7, 11) is 0. The third-order valence-corrected chi connectivity index (χ3v) is 5.58. The molecular formula is C26H50O. The monoisotopic (exact) mass is 378 g/mol. The molecule has 0 saturated heterocycles. The predicted molar refractivity (Wildman–Crippen MR) is 122 cm³/mol. The van der Waals surface area contributed by atoms with Crippen molar-refractivity contribution in [2.24, 2.45) is 0 Å². The number of hydrogen-bond donors (Lipinski definition) is 0. The molecule has 0 amide bonds. The van der Waals surface area contributed by atoms with Gasteiger partial charge < -0.3 is 4.79 Å². The zero-order valence-corrected chi connectivity index (χ0v) is 18.7. The molecule has 0 heterocycles. The minimum atomic E-state index is 0.760. The maximum Gasteiger partial charge on any atom is 0.119 e. The fourth-order valence-electron chi connectivity index (χ4n) is 3.71. The Labute approximate surface area is 171 Å². The molecule has 1 heteroatoms. The van der Waals surface area contributed by atoms with E-state index in [1.807, 2.05) is 0 Å². The SMILES string of the molecule is CCCCCCC=CCCCCCCCCCCCCCCCCCC=O. The molecule has 1 nitrogen and oxygen atoms in total. The molecule has 0 unspecified atom stereocenters. The fourth-order valence-corrected chi connectivity index (χ4v) is 3.71. The molecule has 0 saturated carbocycles. The molecular weight excluding hydrogens is 328 g/mol. The Kier molecular flexibility index (Phi) is 24.9. The summed E-state index contributed by atoms with van der Waals surface area (Å²) in [5, 5.41) is 0. The first kappa shape index (κ1) is 26.4. The number of unbranched alkanes of at least 4 members (excludes halogenated alkanes) is 20. The molecule has 0 aliphatic heterocycles. The molecule has 0 aromatic rings.